The van der Waals surface area contributed by atoms with E-state index in [1.165, 1.54) is 36.1 Å². The highest BCUT2D eigenvalue weighted by Gasteiger charge is 2.27. The van der Waals surface area contributed by atoms with Crippen LogP contribution in [0.3, 0.4) is 0 Å². The maximum atomic E-state index is 14.8. The van der Waals surface area contributed by atoms with E-state index in [0.717, 1.165) is 30.0 Å². The molecule has 1 amide bonds. The molecule has 0 saturated heterocycles. The number of hydrogen-bond donors (Lipinski definition) is 1. The van der Waals surface area contributed by atoms with Crippen LogP contribution in [0.25, 0.3) is 17.3 Å². The largest absolute Gasteiger partial charge is 0.348 e. The fourth-order valence-corrected chi connectivity index (χ4v) is 5.03. The number of rotatable bonds is 6. The van der Waals surface area contributed by atoms with Crippen molar-refractivity contribution in [3.63, 3.8) is 0 Å². The predicted octanol–water partition coefficient (Wildman–Crippen LogP) is 7.37. The molecule has 1 aliphatic rings. The summed E-state index contributed by atoms with van der Waals surface area (Å²) in [6, 6.07) is 10.7. The van der Waals surface area contributed by atoms with Crippen LogP contribution in [0.5, 0.6) is 0 Å². The predicted molar refractivity (Wildman–Crippen MR) is 137 cm³/mol. The summed E-state index contributed by atoms with van der Waals surface area (Å²) in [5.74, 6) is -1.28. The second kappa shape index (κ2) is 10.7. The highest BCUT2D eigenvalue weighted by molar-refractivity contribution is 6.30. The Morgan fingerprint density at radius 3 is 2.49 bits per heavy atom. The molecule has 4 nitrogen and oxygen atoms in total. The van der Waals surface area contributed by atoms with Crippen molar-refractivity contribution >= 4 is 29.2 Å². The van der Waals surface area contributed by atoms with Crippen molar-refractivity contribution in [1.82, 2.24) is 15.1 Å². The second-order valence-electron chi connectivity index (χ2n) is 9.37. The van der Waals surface area contributed by atoms with E-state index in [9.17, 15) is 13.6 Å². The lowest BCUT2D eigenvalue weighted by Crippen LogP contribution is -2.39. The molecule has 2 aromatic carbocycles. The molecular weight excluding hydrogens is 468 g/mol. The molecule has 0 radical (unpaired) electrons. The number of hydrogen-bond acceptors (Lipinski definition) is 2. The van der Waals surface area contributed by atoms with Crippen LogP contribution in [0.15, 0.2) is 42.5 Å². The van der Waals surface area contributed by atoms with Gasteiger partial charge in [0.25, 0.3) is 5.91 Å². The first-order valence-corrected chi connectivity index (χ1v) is 12.4. The number of amides is 1. The number of nitrogens with one attached hydrogen (secondary N) is 1. The van der Waals surface area contributed by atoms with Crippen LogP contribution in [0.2, 0.25) is 5.02 Å². The maximum Gasteiger partial charge on any atom is 0.272 e. The minimum absolute atomic E-state index is 0.0177. The first-order valence-electron chi connectivity index (χ1n) is 12.0. The van der Waals surface area contributed by atoms with Crippen molar-refractivity contribution in [1.29, 1.82) is 0 Å². The van der Waals surface area contributed by atoms with Crippen molar-refractivity contribution in [2.75, 3.05) is 0 Å². The Hall–Kier alpha value is -2.99. The van der Waals surface area contributed by atoms with E-state index in [0.29, 0.717) is 22.2 Å². The monoisotopic (exact) mass is 497 g/mol. The van der Waals surface area contributed by atoms with E-state index in [1.807, 2.05) is 32.1 Å². The topological polar surface area (TPSA) is 46.9 Å². The highest BCUT2D eigenvalue weighted by atomic mass is 35.5. The van der Waals surface area contributed by atoms with Crippen LogP contribution in [-0.4, -0.2) is 21.7 Å². The summed E-state index contributed by atoms with van der Waals surface area (Å²) >= 11 is 6.01. The number of benzene rings is 2. The van der Waals surface area contributed by atoms with Gasteiger partial charge in [0.1, 0.15) is 11.5 Å². The smallest absolute Gasteiger partial charge is 0.272 e. The number of nitrogens with zero attached hydrogens (tertiary/aromatic N) is 2. The lowest BCUT2D eigenvalue weighted by Gasteiger charge is -2.28. The maximum absolute atomic E-state index is 14.8. The van der Waals surface area contributed by atoms with Crippen LogP contribution in [0.1, 0.15) is 73.3 Å². The minimum Gasteiger partial charge on any atom is -0.348 e. The average molecular weight is 498 g/mol. The Labute approximate surface area is 210 Å². The zero-order chi connectivity index (χ0) is 25.1. The van der Waals surface area contributed by atoms with Gasteiger partial charge in [-0.15, -0.1) is 0 Å². The van der Waals surface area contributed by atoms with Gasteiger partial charge in [0.05, 0.1) is 5.69 Å². The number of aromatic nitrogens is 2. The molecule has 184 valence electrons. The molecular formula is C28H30ClF2N3O. The Morgan fingerprint density at radius 1 is 1.14 bits per heavy atom. The second-order valence-corrected chi connectivity index (χ2v) is 9.81. The lowest BCUT2D eigenvalue weighted by atomic mass is 9.84. The molecule has 1 N–H and O–H groups in total. The van der Waals surface area contributed by atoms with Crippen molar-refractivity contribution < 1.29 is 13.6 Å². The number of carbonyl (C=O) groups is 1. The first-order chi connectivity index (χ1) is 16.7. The van der Waals surface area contributed by atoms with Crippen molar-refractivity contribution in [2.45, 2.75) is 58.9 Å². The van der Waals surface area contributed by atoms with Crippen LogP contribution < -0.4 is 5.32 Å². The molecule has 35 heavy (non-hydrogen) atoms. The van der Waals surface area contributed by atoms with Gasteiger partial charge in [-0.2, -0.15) is 5.10 Å². The SMILES string of the molecule is CC(=Cc1ccc(Cl)cc1)c1c(C)c(C(=O)N[C@H](C)C2CCCCC2)nn1-c1ccc(F)cc1F. The minimum atomic E-state index is -0.754. The number of halogens is 3. The molecule has 0 bridgehead atoms. The molecule has 1 aliphatic carbocycles. The zero-order valence-electron chi connectivity index (χ0n) is 20.2. The molecule has 4 rings (SSSR count). The standard InChI is InChI=1S/C28H30ClF2N3O/c1-17(15-20-9-11-22(29)12-10-20)27-18(2)26(28(35)32-19(3)21-7-5-4-6-8-21)33-34(27)25-14-13-23(30)16-24(25)31/h9-16,19,21H,4-8H2,1-3H3,(H,32,35)/t19-/m1/s1. The summed E-state index contributed by atoms with van der Waals surface area (Å²) in [4.78, 5) is 13.3. The molecule has 0 aliphatic heterocycles. The van der Waals surface area contributed by atoms with Gasteiger partial charge in [-0.1, -0.05) is 43.0 Å². The van der Waals surface area contributed by atoms with Gasteiger partial charge in [0.15, 0.2) is 11.5 Å². The summed E-state index contributed by atoms with van der Waals surface area (Å²) in [6.07, 6.45) is 7.73. The molecule has 1 saturated carbocycles. The van der Waals surface area contributed by atoms with E-state index in [2.05, 4.69) is 10.4 Å². The van der Waals surface area contributed by atoms with E-state index >= 15 is 0 Å². The van der Waals surface area contributed by atoms with E-state index in [4.69, 9.17) is 11.6 Å². The molecule has 7 heteroatoms. The molecule has 3 aromatic rings. The third-order valence-electron chi connectivity index (χ3n) is 6.82. The Kier molecular flexibility index (Phi) is 7.70. The third kappa shape index (κ3) is 5.64. The quantitative estimate of drug-likeness (QED) is 0.386. The molecule has 0 spiro atoms. The number of carbonyl (C=O) groups excluding carboxylic acids is 1. The Bertz CT molecular complexity index is 1240. The normalized spacial score (nSPS) is 15.8. The summed E-state index contributed by atoms with van der Waals surface area (Å²) < 4.78 is 29.8. The molecule has 0 unspecified atom stereocenters. The lowest BCUT2D eigenvalue weighted by molar-refractivity contribution is 0.0913. The van der Waals surface area contributed by atoms with E-state index in [1.54, 1.807) is 19.1 Å². The summed E-state index contributed by atoms with van der Waals surface area (Å²) in [5.41, 5.74) is 3.20. The van der Waals surface area contributed by atoms with Crippen molar-refractivity contribution in [3.8, 4) is 5.69 Å². The summed E-state index contributed by atoms with van der Waals surface area (Å²) in [6.45, 7) is 5.72. The van der Waals surface area contributed by atoms with Crippen LogP contribution in [0.4, 0.5) is 8.78 Å². The van der Waals surface area contributed by atoms with Gasteiger partial charge in [-0.05, 0) is 81.0 Å². The van der Waals surface area contributed by atoms with Crippen LogP contribution in [0, 0.1) is 24.5 Å². The van der Waals surface area contributed by atoms with Gasteiger partial charge in [-0.3, -0.25) is 4.79 Å². The van der Waals surface area contributed by atoms with E-state index < -0.39 is 11.6 Å². The molecule has 1 atom stereocenters. The summed E-state index contributed by atoms with van der Waals surface area (Å²) in [7, 11) is 0. The zero-order valence-corrected chi connectivity index (χ0v) is 21.0. The molecule has 1 heterocycles. The van der Waals surface area contributed by atoms with Crippen molar-refractivity contribution in [3.05, 3.63) is 81.6 Å². The van der Waals surface area contributed by atoms with E-state index in [-0.39, 0.29) is 23.3 Å². The Morgan fingerprint density at radius 2 is 1.83 bits per heavy atom. The Balaban J connectivity index is 1.75. The van der Waals surface area contributed by atoms with Gasteiger partial charge in [0.2, 0.25) is 0 Å². The first kappa shape index (κ1) is 25.1. The molecule has 1 aromatic heterocycles. The van der Waals surface area contributed by atoms with Gasteiger partial charge >= 0.3 is 0 Å². The number of allylic oxidation sites excluding steroid dienone is 1. The van der Waals surface area contributed by atoms with Gasteiger partial charge in [-0.25, -0.2) is 13.5 Å². The third-order valence-corrected chi connectivity index (χ3v) is 7.07. The van der Waals surface area contributed by atoms with Gasteiger partial charge in [0, 0.05) is 22.7 Å². The highest BCUT2D eigenvalue weighted by Crippen LogP contribution is 2.30. The summed E-state index contributed by atoms with van der Waals surface area (Å²) in [5, 5.41) is 8.27. The fraction of sp³-hybridized carbons (Fsp3) is 0.357. The molecule has 1 fully saturated rings. The van der Waals surface area contributed by atoms with Crippen molar-refractivity contribution in [2.24, 2.45) is 5.92 Å². The fourth-order valence-electron chi connectivity index (χ4n) is 4.91. The average Bonchev–Trinajstić information content (AvgIpc) is 3.18. The van der Waals surface area contributed by atoms with Gasteiger partial charge < -0.3 is 5.32 Å². The van der Waals surface area contributed by atoms with Crippen LogP contribution >= 0.6 is 11.6 Å². The van der Waals surface area contributed by atoms with Crippen LogP contribution in [-0.2, 0) is 0 Å².